The Morgan fingerprint density at radius 3 is 2.45 bits per heavy atom. The van der Waals surface area contributed by atoms with Crippen molar-refractivity contribution in [3.63, 3.8) is 0 Å². The Kier molecular flexibility index (Phi) is 5.48. The van der Waals surface area contributed by atoms with Gasteiger partial charge in [-0.1, -0.05) is 28.1 Å². The minimum absolute atomic E-state index is 0.272. The normalized spacial score (nSPS) is 11.1. The van der Waals surface area contributed by atoms with Crippen LogP contribution in [0.4, 0.5) is 0 Å². The summed E-state index contributed by atoms with van der Waals surface area (Å²) in [4.78, 5) is 25.1. The van der Waals surface area contributed by atoms with Crippen molar-refractivity contribution in [2.45, 2.75) is 6.61 Å². The van der Waals surface area contributed by atoms with Crippen LogP contribution in [0, 0.1) is 0 Å². The summed E-state index contributed by atoms with van der Waals surface area (Å²) in [6.07, 6.45) is 0. The Labute approximate surface area is 196 Å². The van der Waals surface area contributed by atoms with Gasteiger partial charge in [0.1, 0.15) is 29.3 Å². The molecule has 0 atom stereocenters. The first-order valence-electron chi connectivity index (χ1n) is 10.1. The molecule has 0 aliphatic rings. The van der Waals surface area contributed by atoms with Gasteiger partial charge in [0, 0.05) is 39.0 Å². The number of ether oxygens (including phenoxy) is 2. The van der Waals surface area contributed by atoms with E-state index >= 15 is 0 Å². The van der Waals surface area contributed by atoms with Crippen LogP contribution >= 0.6 is 15.9 Å². The van der Waals surface area contributed by atoms with Gasteiger partial charge in [-0.05, 0) is 48.0 Å². The summed E-state index contributed by atoms with van der Waals surface area (Å²) < 4.78 is 22.9. The van der Waals surface area contributed by atoms with Gasteiger partial charge in [0.25, 0.3) is 0 Å². The Morgan fingerprint density at radius 1 is 0.818 bits per heavy atom. The molecule has 3 aromatic carbocycles. The fourth-order valence-corrected chi connectivity index (χ4v) is 4.10. The summed E-state index contributed by atoms with van der Waals surface area (Å²) in [5, 5.41) is 1.31. The molecule has 5 aromatic rings. The van der Waals surface area contributed by atoms with Crippen LogP contribution in [-0.2, 0) is 6.61 Å². The predicted octanol–water partition coefficient (Wildman–Crippen LogP) is 5.92. The number of halogens is 1. The van der Waals surface area contributed by atoms with E-state index in [2.05, 4.69) is 15.9 Å². The fourth-order valence-electron chi connectivity index (χ4n) is 3.66. The van der Waals surface area contributed by atoms with Crippen molar-refractivity contribution in [3.05, 3.63) is 104 Å². The Hall–Kier alpha value is -3.84. The zero-order valence-electron chi connectivity index (χ0n) is 17.5. The summed E-state index contributed by atoms with van der Waals surface area (Å²) in [5.41, 5.74) is 1.29. The Balaban J connectivity index is 1.56. The molecule has 2 heterocycles. The molecule has 0 aliphatic carbocycles. The predicted molar refractivity (Wildman–Crippen MR) is 129 cm³/mol. The first kappa shape index (κ1) is 21.0. The molecule has 5 rings (SSSR count). The number of benzene rings is 3. The van der Waals surface area contributed by atoms with Crippen LogP contribution in [0.15, 0.2) is 95.7 Å². The third-order valence-electron chi connectivity index (χ3n) is 5.24. The van der Waals surface area contributed by atoms with Crippen molar-refractivity contribution >= 4 is 37.9 Å². The Morgan fingerprint density at radius 2 is 1.64 bits per heavy atom. The maximum absolute atomic E-state index is 12.8. The number of hydrogen-bond acceptors (Lipinski definition) is 6. The van der Waals surface area contributed by atoms with Gasteiger partial charge in [-0.2, -0.15) is 0 Å². The summed E-state index contributed by atoms with van der Waals surface area (Å²) in [6, 6.07) is 21.2. The number of methoxy groups -OCH3 is 1. The molecule has 33 heavy (non-hydrogen) atoms. The SMILES string of the molecule is COc1ccc2cc(-c3cc(=O)oc4cc(OCc5cccc(Br)c5)ccc34)c(=O)oc2c1. The first-order valence-corrected chi connectivity index (χ1v) is 10.9. The number of fused-ring (bicyclic) bond motifs is 2. The molecule has 6 nitrogen and oxygen atoms in total. The lowest BCUT2D eigenvalue weighted by atomic mass is 10.0. The third-order valence-corrected chi connectivity index (χ3v) is 5.74. The van der Waals surface area contributed by atoms with Crippen LogP contribution in [0.1, 0.15) is 5.56 Å². The van der Waals surface area contributed by atoms with Gasteiger partial charge >= 0.3 is 11.3 Å². The molecule has 0 radical (unpaired) electrons. The van der Waals surface area contributed by atoms with E-state index in [0.29, 0.717) is 45.6 Å². The van der Waals surface area contributed by atoms with E-state index in [4.69, 9.17) is 18.3 Å². The van der Waals surface area contributed by atoms with Gasteiger partial charge < -0.3 is 18.3 Å². The molecule has 0 aliphatic heterocycles. The molecule has 0 N–H and O–H groups in total. The lowest BCUT2D eigenvalue weighted by Gasteiger charge is -2.10. The molecule has 7 heteroatoms. The standard InChI is InChI=1S/C26H17BrO6/c1-30-18-6-5-16-10-22(26(29)33-23(16)11-18)21-13-25(28)32-24-12-19(7-8-20(21)24)31-14-15-3-2-4-17(27)9-15/h2-13H,14H2,1H3. The smallest absolute Gasteiger partial charge is 0.344 e. The Bertz CT molecular complexity index is 1620. The van der Waals surface area contributed by atoms with Crippen molar-refractivity contribution in [1.82, 2.24) is 0 Å². The molecule has 0 bridgehead atoms. The van der Waals surface area contributed by atoms with Crippen LogP contribution in [0.2, 0.25) is 0 Å². The van der Waals surface area contributed by atoms with Crippen LogP contribution in [0.5, 0.6) is 11.5 Å². The van der Waals surface area contributed by atoms with Crippen molar-refractivity contribution in [2.75, 3.05) is 7.11 Å². The average Bonchev–Trinajstić information content (AvgIpc) is 2.81. The average molecular weight is 505 g/mol. The highest BCUT2D eigenvalue weighted by atomic mass is 79.9. The zero-order chi connectivity index (χ0) is 22.9. The second-order valence-corrected chi connectivity index (χ2v) is 8.32. The van der Waals surface area contributed by atoms with Crippen molar-refractivity contribution in [1.29, 1.82) is 0 Å². The minimum atomic E-state index is -0.573. The van der Waals surface area contributed by atoms with E-state index in [1.54, 1.807) is 49.6 Å². The molecule has 0 saturated carbocycles. The lowest BCUT2D eigenvalue weighted by molar-refractivity contribution is 0.306. The van der Waals surface area contributed by atoms with Gasteiger partial charge in [0.2, 0.25) is 0 Å². The van der Waals surface area contributed by atoms with Crippen LogP contribution in [0.25, 0.3) is 33.1 Å². The van der Waals surface area contributed by atoms with Crippen LogP contribution in [-0.4, -0.2) is 7.11 Å². The maximum Gasteiger partial charge on any atom is 0.344 e. The van der Waals surface area contributed by atoms with E-state index < -0.39 is 11.3 Å². The first-order chi connectivity index (χ1) is 16.0. The number of rotatable bonds is 5. The molecule has 2 aromatic heterocycles. The molecular formula is C26H17BrO6. The van der Waals surface area contributed by atoms with E-state index in [0.717, 1.165) is 10.0 Å². The van der Waals surface area contributed by atoms with Crippen LogP contribution in [0.3, 0.4) is 0 Å². The highest BCUT2D eigenvalue weighted by Crippen LogP contribution is 2.30. The topological polar surface area (TPSA) is 78.9 Å². The molecule has 0 spiro atoms. The van der Waals surface area contributed by atoms with Crippen molar-refractivity contribution < 1.29 is 18.3 Å². The molecular weight excluding hydrogens is 488 g/mol. The summed E-state index contributed by atoms with van der Waals surface area (Å²) in [6.45, 7) is 0.354. The summed E-state index contributed by atoms with van der Waals surface area (Å²) >= 11 is 3.44. The van der Waals surface area contributed by atoms with Crippen molar-refractivity contribution in [2.24, 2.45) is 0 Å². The molecule has 0 fully saturated rings. The van der Waals surface area contributed by atoms with Gasteiger partial charge in [-0.15, -0.1) is 0 Å². The zero-order valence-corrected chi connectivity index (χ0v) is 19.0. The van der Waals surface area contributed by atoms with Gasteiger partial charge in [-0.25, -0.2) is 9.59 Å². The highest BCUT2D eigenvalue weighted by molar-refractivity contribution is 9.10. The molecule has 0 amide bonds. The lowest BCUT2D eigenvalue weighted by Crippen LogP contribution is -2.06. The minimum Gasteiger partial charge on any atom is -0.497 e. The summed E-state index contributed by atoms with van der Waals surface area (Å²) in [7, 11) is 1.54. The molecule has 164 valence electrons. The third kappa shape index (κ3) is 4.27. The van der Waals surface area contributed by atoms with Crippen molar-refractivity contribution in [3.8, 4) is 22.6 Å². The van der Waals surface area contributed by atoms with Gasteiger partial charge in [0.15, 0.2) is 0 Å². The molecule has 0 saturated heterocycles. The second kappa shape index (κ2) is 8.60. The maximum atomic E-state index is 12.8. The molecule has 0 unspecified atom stereocenters. The second-order valence-electron chi connectivity index (χ2n) is 7.41. The van der Waals surface area contributed by atoms with Gasteiger partial charge in [-0.3, -0.25) is 0 Å². The van der Waals surface area contributed by atoms with E-state index in [1.807, 2.05) is 24.3 Å². The quantitative estimate of drug-likeness (QED) is 0.276. The number of hydrogen-bond donors (Lipinski definition) is 0. The summed E-state index contributed by atoms with van der Waals surface area (Å²) in [5.74, 6) is 1.13. The largest absolute Gasteiger partial charge is 0.497 e. The van der Waals surface area contributed by atoms with Gasteiger partial charge in [0.05, 0.1) is 12.7 Å². The van der Waals surface area contributed by atoms with E-state index in [9.17, 15) is 9.59 Å². The monoisotopic (exact) mass is 504 g/mol. The van der Waals surface area contributed by atoms with E-state index in [-0.39, 0.29) is 5.56 Å². The van der Waals surface area contributed by atoms with E-state index in [1.165, 1.54) is 6.07 Å². The van der Waals surface area contributed by atoms with Crippen LogP contribution < -0.4 is 20.7 Å². The fraction of sp³-hybridized carbons (Fsp3) is 0.0769. The highest BCUT2D eigenvalue weighted by Gasteiger charge is 2.15.